The van der Waals surface area contributed by atoms with Crippen LogP contribution in [0.1, 0.15) is 23.1 Å². The standard InChI is InChI=1S/C24H22F4N2O2S.C2HF3O2/c1-15-5-8-24(16(11-15)12-19-20(25)3-2-4-21(19)26)30(17-9-10-29-14-17)33(31,32)18-6-7-22(27)23(28)13-18;3-2(4,5)1(6)7/h2-8,11,13,17,29H,9-10,12,14H2,1H3;(H,6,7)/t17-;/m0./s1. The summed E-state index contributed by atoms with van der Waals surface area (Å²) in [5.41, 5.74) is 1.23. The number of nitrogens with one attached hydrogen (secondary N) is 1. The molecule has 6 nitrogen and oxygen atoms in total. The molecular weight excluding hydrogens is 569 g/mol. The van der Waals surface area contributed by atoms with Gasteiger partial charge in [-0.1, -0.05) is 23.8 Å². The Morgan fingerprint density at radius 2 is 1.60 bits per heavy atom. The number of sulfonamides is 1. The highest BCUT2D eigenvalue weighted by Crippen LogP contribution is 2.34. The number of hydrogen-bond donors (Lipinski definition) is 2. The summed E-state index contributed by atoms with van der Waals surface area (Å²) in [5.74, 6) is -6.67. The van der Waals surface area contributed by atoms with Gasteiger partial charge >= 0.3 is 12.1 Å². The summed E-state index contributed by atoms with van der Waals surface area (Å²) in [4.78, 5) is 8.49. The molecule has 0 unspecified atom stereocenters. The number of benzene rings is 3. The zero-order chi connectivity index (χ0) is 29.8. The number of alkyl halides is 3. The smallest absolute Gasteiger partial charge is 0.475 e. The van der Waals surface area contributed by atoms with Crippen LogP contribution in [-0.4, -0.2) is 44.8 Å². The van der Waals surface area contributed by atoms with Gasteiger partial charge in [-0.15, -0.1) is 0 Å². The van der Waals surface area contributed by atoms with Gasteiger partial charge in [0.2, 0.25) is 0 Å². The molecule has 1 heterocycles. The third kappa shape index (κ3) is 7.10. The van der Waals surface area contributed by atoms with Crippen molar-refractivity contribution in [2.24, 2.45) is 0 Å². The molecule has 1 aliphatic rings. The minimum Gasteiger partial charge on any atom is -0.475 e. The fourth-order valence-electron chi connectivity index (χ4n) is 4.08. The molecule has 4 rings (SSSR count). The number of nitrogens with zero attached hydrogens (tertiary/aromatic N) is 1. The van der Waals surface area contributed by atoms with Crippen molar-refractivity contribution in [1.29, 1.82) is 0 Å². The van der Waals surface area contributed by atoms with Gasteiger partial charge in [0, 0.05) is 18.5 Å². The number of aliphatic carboxylic acids is 1. The normalized spacial score (nSPS) is 15.3. The minimum absolute atomic E-state index is 0.181. The van der Waals surface area contributed by atoms with Crippen LogP contribution in [0.2, 0.25) is 0 Å². The number of aryl methyl sites for hydroxylation is 1. The molecule has 2 N–H and O–H groups in total. The fraction of sp³-hybridized carbons (Fsp3) is 0.269. The Morgan fingerprint density at radius 1 is 0.975 bits per heavy atom. The number of carbonyl (C=O) groups is 1. The van der Waals surface area contributed by atoms with E-state index in [1.54, 1.807) is 25.1 Å². The van der Waals surface area contributed by atoms with Crippen LogP contribution in [0.5, 0.6) is 0 Å². The predicted octanol–water partition coefficient (Wildman–Crippen LogP) is 5.33. The molecule has 0 saturated carbocycles. The van der Waals surface area contributed by atoms with Crippen LogP contribution in [0.4, 0.5) is 36.4 Å². The Morgan fingerprint density at radius 3 is 2.12 bits per heavy atom. The molecule has 3 aromatic carbocycles. The van der Waals surface area contributed by atoms with E-state index in [4.69, 9.17) is 9.90 Å². The fourth-order valence-corrected chi connectivity index (χ4v) is 5.80. The van der Waals surface area contributed by atoms with E-state index in [2.05, 4.69) is 5.32 Å². The van der Waals surface area contributed by atoms with Crippen LogP contribution >= 0.6 is 0 Å². The molecule has 216 valence electrons. The molecular formula is C26H23F7N2O4S. The summed E-state index contributed by atoms with van der Waals surface area (Å²) in [6.07, 6.45) is -4.79. The molecule has 0 aliphatic carbocycles. The van der Waals surface area contributed by atoms with Gasteiger partial charge in [0.05, 0.1) is 16.6 Å². The first-order valence-electron chi connectivity index (χ1n) is 11.7. The van der Waals surface area contributed by atoms with Crippen molar-refractivity contribution in [3.8, 4) is 0 Å². The maximum atomic E-state index is 14.4. The first-order chi connectivity index (χ1) is 18.6. The molecule has 1 saturated heterocycles. The summed E-state index contributed by atoms with van der Waals surface area (Å²) in [6.45, 7) is 2.69. The van der Waals surface area contributed by atoms with Gasteiger partial charge in [-0.05, 0) is 61.9 Å². The topological polar surface area (TPSA) is 86.7 Å². The lowest BCUT2D eigenvalue weighted by Gasteiger charge is -2.32. The Balaban J connectivity index is 0.000000559. The molecule has 14 heteroatoms. The highest BCUT2D eigenvalue weighted by atomic mass is 32.2. The van der Waals surface area contributed by atoms with E-state index in [0.29, 0.717) is 31.1 Å². The third-order valence-corrected chi connectivity index (χ3v) is 7.82. The van der Waals surface area contributed by atoms with Gasteiger partial charge in [0.1, 0.15) is 11.6 Å². The van der Waals surface area contributed by atoms with Crippen LogP contribution in [0.25, 0.3) is 0 Å². The first-order valence-corrected chi connectivity index (χ1v) is 13.1. The maximum absolute atomic E-state index is 14.4. The Hall–Kier alpha value is -3.65. The molecule has 0 amide bonds. The van der Waals surface area contributed by atoms with Gasteiger partial charge in [-0.3, -0.25) is 4.31 Å². The van der Waals surface area contributed by atoms with Crippen LogP contribution < -0.4 is 9.62 Å². The molecule has 1 aliphatic heterocycles. The second-order valence-corrected chi connectivity index (χ2v) is 10.7. The Bertz CT molecular complexity index is 1470. The molecule has 0 bridgehead atoms. The average molecular weight is 593 g/mol. The van der Waals surface area contributed by atoms with Crippen molar-refractivity contribution < 1.29 is 49.1 Å². The number of carboxylic acids is 1. The zero-order valence-electron chi connectivity index (χ0n) is 20.8. The zero-order valence-corrected chi connectivity index (χ0v) is 21.6. The number of anilines is 1. The highest BCUT2D eigenvalue weighted by Gasteiger charge is 2.38. The van der Waals surface area contributed by atoms with Crippen LogP contribution in [0.3, 0.4) is 0 Å². The van der Waals surface area contributed by atoms with Crippen molar-refractivity contribution in [2.75, 3.05) is 17.4 Å². The van der Waals surface area contributed by atoms with Crippen LogP contribution in [-0.2, 0) is 21.2 Å². The molecule has 40 heavy (non-hydrogen) atoms. The number of hydrogen-bond acceptors (Lipinski definition) is 4. The number of carboxylic acid groups (broad SMARTS) is 1. The van der Waals surface area contributed by atoms with Crippen LogP contribution in [0.15, 0.2) is 59.5 Å². The van der Waals surface area contributed by atoms with E-state index in [-0.39, 0.29) is 17.7 Å². The van der Waals surface area contributed by atoms with E-state index in [0.717, 1.165) is 34.1 Å². The Labute approximate surface area is 225 Å². The monoisotopic (exact) mass is 592 g/mol. The molecule has 0 radical (unpaired) electrons. The van der Waals surface area contributed by atoms with E-state index in [1.807, 2.05) is 0 Å². The van der Waals surface area contributed by atoms with Crippen LogP contribution in [0, 0.1) is 30.2 Å². The first kappa shape index (κ1) is 30.9. The highest BCUT2D eigenvalue weighted by molar-refractivity contribution is 7.92. The van der Waals surface area contributed by atoms with E-state index in [1.165, 1.54) is 6.07 Å². The molecule has 3 aromatic rings. The second kappa shape index (κ2) is 12.3. The lowest BCUT2D eigenvalue weighted by Crippen LogP contribution is -2.42. The van der Waals surface area contributed by atoms with E-state index < -0.39 is 56.4 Å². The van der Waals surface area contributed by atoms with E-state index >= 15 is 0 Å². The predicted molar refractivity (Wildman–Crippen MR) is 131 cm³/mol. The summed E-state index contributed by atoms with van der Waals surface area (Å²) in [5, 5.41) is 10.2. The van der Waals surface area contributed by atoms with Crippen molar-refractivity contribution in [3.05, 3.63) is 94.6 Å². The van der Waals surface area contributed by atoms with Gasteiger partial charge in [0.15, 0.2) is 11.6 Å². The molecule has 0 aromatic heterocycles. The molecule has 0 spiro atoms. The number of halogens is 7. The number of rotatable bonds is 6. The molecule has 1 fully saturated rings. The van der Waals surface area contributed by atoms with Crippen molar-refractivity contribution in [3.63, 3.8) is 0 Å². The largest absolute Gasteiger partial charge is 0.490 e. The maximum Gasteiger partial charge on any atom is 0.490 e. The van der Waals surface area contributed by atoms with Crippen molar-refractivity contribution in [2.45, 2.75) is 36.9 Å². The second-order valence-electron chi connectivity index (χ2n) is 8.84. The van der Waals surface area contributed by atoms with Gasteiger partial charge in [0.25, 0.3) is 10.0 Å². The van der Waals surface area contributed by atoms with Gasteiger partial charge < -0.3 is 10.4 Å². The Kier molecular flexibility index (Phi) is 9.46. The lowest BCUT2D eigenvalue weighted by molar-refractivity contribution is -0.192. The van der Waals surface area contributed by atoms with Crippen molar-refractivity contribution in [1.82, 2.24) is 5.32 Å². The summed E-state index contributed by atoms with van der Waals surface area (Å²) in [6, 6.07) is 10.4. The minimum atomic E-state index is -5.08. The summed E-state index contributed by atoms with van der Waals surface area (Å²) in [7, 11) is -4.33. The quantitative estimate of drug-likeness (QED) is 0.378. The van der Waals surface area contributed by atoms with E-state index in [9.17, 15) is 39.2 Å². The summed E-state index contributed by atoms with van der Waals surface area (Å²) < 4.78 is 116. The lowest BCUT2D eigenvalue weighted by atomic mass is 9.99. The SMILES string of the molecule is Cc1ccc(N([C@H]2CCNC2)S(=O)(=O)c2ccc(F)c(F)c2)c(Cc2c(F)cccc2F)c1.O=C(O)C(F)(F)F. The van der Waals surface area contributed by atoms with Crippen molar-refractivity contribution >= 4 is 21.7 Å². The third-order valence-electron chi connectivity index (χ3n) is 5.96. The van der Waals surface area contributed by atoms with Gasteiger partial charge in [-0.2, -0.15) is 13.2 Å². The average Bonchev–Trinajstić information content (AvgIpc) is 3.38. The summed E-state index contributed by atoms with van der Waals surface area (Å²) >= 11 is 0. The molecule has 1 atom stereocenters. The van der Waals surface area contributed by atoms with Gasteiger partial charge in [-0.25, -0.2) is 30.8 Å².